The van der Waals surface area contributed by atoms with Crippen LogP contribution in [0.3, 0.4) is 0 Å². The lowest BCUT2D eigenvalue weighted by Gasteiger charge is -2.34. The Morgan fingerprint density at radius 3 is 2.71 bits per heavy atom. The van der Waals surface area contributed by atoms with Crippen LogP contribution in [0.2, 0.25) is 0 Å². The van der Waals surface area contributed by atoms with Gasteiger partial charge in [-0.3, -0.25) is 9.88 Å². The molecule has 1 N–H and O–H groups in total. The predicted octanol–water partition coefficient (Wildman–Crippen LogP) is 3.05. The minimum atomic E-state index is 0.631. The van der Waals surface area contributed by atoms with E-state index in [1.165, 1.54) is 37.0 Å². The lowest BCUT2D eigenvalue weighted by molar-refractivity contribution is 0.157. The summed E-state index contributed by atoms with van der Waals surface area (Å²) in [5, 5.41) is 4.61. The Labute approximate surface area is 127 Å². The van der Waals surface area contributed by atoms with Crippen LogP contribution in [0.4, 0.5) is 0 Å². The maximum absolute atomic E-state index is 4.79. The molecule has 3 rings (SSSR count). The molecule has 0 radical (unpaired) electrons. The predicted molar refractivity (Wildman–Crippen MR) is 88.3 cm³/mol. The Hall–Kier alpha value is -1.45. The van der Waals surface area contributed by atoms with Crippen LogP contribution in [0.15, 0.2) is 36.4 Å². The first kappa shape index (κ1) is 14.5. The highest BCUT2D eigenvalue weighted by Gasteiger charge is 2.23. The number of benzene rings is 1. The van der Waals surface area contributed by atoms with Crippen molar-refractivity contribution in [1.82, 2.24) is 15.2 Å². The first-order chi connectivity index (χ1) is 10.3. The van der Waals surface area contributed by atoms with Crippen molar-refractivity contribution >= 4 is 10.9 Å². The molecule has 1 aromatic heterocycles. The van der Waals surface area contributed by atoms with Gasteiger partial charge in [0, 0.05) is 18.0 Å². The van der Waals surface area contributed by atoms with Crippen LogP contribution in [-0.4, -0.2) is 36.1 Å². The number of pyridine rings is 1. The van der Waals surface area contributed by atoms with Gasteiger partial charge in [-0.1, -0.05) is 24.3 Å². The van der Waals surface area contributed by atoms with Gasteiger partial charge in [0.05, 0.1) is 11.2 Å². The van der Waals surface area contributed by atoms with Crippen LogP contribution in [0.5, 0.6) is 0 Å². The fourth-order valence-electron chi connectivity index (χ4n) is 3.27. The molecule has 1 aliphatic heterocycles. The molecule has 2 aromatic rings. The van der Waals surface area contributed by atoms with Crippen molar-refractivity contribution < 1.29 is 0 Å². The Morgan fingerprint density at radius 2 is 1.95 bits per heavy atom. The average molecular weight is 283 g/mol. The number of hydrogen-bond acceptors (Lipinski definition) is 3. The van der Waals surface area contributed by atoms with E-state index >= 15 is 0 Å². The number of rotatable bonds is 4. The number of likely N-dealkylation sites (tertiary alicyclic amines) is 1. The summed E-state index contributed by atoms with van der Waals surface area (Å²) in [5.41, 5.74) is 2.29. The van der Waals surface area contributed by atoms with E-state index in [9.17, 15) is 0 Å². The first-order valence-electron chi connectivity index (χ1n) is 8.00. The van der Waals surface area contributed by atoms with Crippen molar-refractivity contribution in [3.63, 3.8) is 0 Å². The Balaban J connectivity index is 1.61. The molecule has 0 amide bonds. The van der Waals surface area contributed by atoms with Crippen LogP contribution in [0.25, 0.3) is 10.9 Å². The third kappa shape index (κ3) is 3.42. The molecule has 3 heteroatoms. The Morgan fingerprint density at radius 1 is 1.19 bits per heavy atom. The minimum Gasteiger partial charge on any atom is -0.317 e. The highest BCUT2D eigenvalue weighted by molar-refractivity contribution is 5.78. The molecule has 21 heavy (non-hydrogen) atoms. The van der Waals surface area contributed by atoms with Gasteiger partial charge >= 0.3 is 0 Å². The molecule has 1 unspecified atom stereocenters. The van der Waals surface area contributed by atoms with Gasteiger partial charge < -0.3 is 5.32 Å². The highest BCUT2D eigenvalue weighted by Crippen LogP contribution is 2.22. The highest BCUT2D eigenvalue weighted by atomic mass is 15.1. The fraction of sp³-hybridized carbons (Fsp3) is 0.500. The van der Waals surface area contributed by atoms with Crippen LogP contribution < -0.4 is 5.32 Å². The standard InChI is InChI=1S/C18H25N3/c1-14(19-2)15-9-11-21(12-10-15)13-17-8-7-16-5-3-4-6-18(16)20-17/h3-8,14-15,19H,9-13H2,1-2H3. The largest absolute Gasteiger partial charge is 0.317 e. The summed E-state index contributed by atoms with van der Waals surface area (Å²) in [4.78, 5) is 7.32. The van der Waals surface area contributed by atoms with E-state index in [4.69, 9.17) is 4.98 Å². The Kier molecular flexibility index (Phi) is 4.51. The molecule has 112 valence electrons. The number of para-hydroxylation sites is 1. The summed E-state index contributed by atoms with van der Waals surface area (Å²) in [7, 11) is 2.07. The third-order valence-electron chi connectivity index (χ3n) is 4.84. The van der Waals surface area contributed by atoms with Gasteiger partial charge in [0.1, 0.15) is 0 Å². The van der Waals surface area contributed by atoms with E-state index in [1.54, 1.807) is 0 Å². The molecule has 1 fully saturated rings. The van der Waals surface area contributed by atoms with Gasteiger partial charge in [0.25, 0.3) is 0 Å². The molecule has 1 aliphatic rings. The maximum Gasteiger partial charge on any atom is 0.0705 e. The van der Waals surface area contributed by atoms with Crippen molar-refractivity contribution in [1.29, 1.82) is 0 Å². The number of nitrogens with zero attached hydrogens (tertiary/aromatic N) is 2. The van der Waals surface area contributed by atoms with E-state index in [-0.39, 0.29) is 0 Å². The molecule has 1 atom stereocenters. The maximum atomic E-state index is 4.79. The zero-order chi connectivity index (χ0) is 14.7. The zero-order valence-corrected chi connectivity index (χ0v) is 13.0. The van der Waals surface area contributed by atoms with Gasteiger partial charge in [-0.2, -0.15) is 0 Å². The fourth-order valence-corrected chi connectivity index (χ4v) is 3.27. The van der Waals surface area contributed by atoms with Crippen LogP contribution in [0.1, 0.15) is 25.5 Å². The van der Waals surface area contributed by atoms with Crippen LogP contribution in [-0.2, 0) is 6.54 Å². The number of piperidine rings is 1. The smallest absolute Gasteiger partial charge is 0.0705 e. The van der Waals surface area contributed by atoms with Crippen molar-refractivity contribution in [2.24, 2.45) is 5.92 Å². The Bertz CT molecular complexity index is 588. The molecular weight excluding hydrogens is 258 g/mol. The summed E-state index contributed by atoms with van der Waals surface area (Å²) in [5.74, 6) is 0.816. The number of nitrogens with one attached hydrogen (secondary N) is 1. The second-order valence-corrected chi connectivity index (χ2v) is 6.19. The molecule has 2 heterocycles. The van der Waals surface area contributed by atoms with Gasteiger partial charge in [-0.15, -0.1) is 0 Å². The summed E-state index contributed by atoms with van der Waals surface area (Å²) >= 11 is 0. The molecule has 1 saturated heterocycles. The van der Waals surface area contributed by atoms with Crippen LogP contribution >= 0.6 is 0 Å². The van der Waals surface area contributed by atoms with Gasteiger partial charge in [-0.05, 0) is 58.0 Å². The molecule has 3 nitrogen and oxygen atoms in total. The zero-order valence-electron chi connectivity index (χ0n) is 13.0. The summed E-state index contributed by atoms with van der Waals surface area (Å²) < 4.78 is 0. The third-order valence-corrected chi connectivity index (χ3v) is 4.84. The molecule has 0 aliphatic carbocycles. The van der Waals surface area contributed by atoms with E-state index < -0.39 is 0 Å². The minimum absolute atomic E-state index is 0.631. The van der Waals surface area contributed by atoms with Crippen molar-refractivity contribution in [3.05, 3.63) is 42.1 Å². The summed E-state index contributed by atoms with van der Waals surface area (Å²) in [6.07, 6.45) is 2.57. The quantitative estimate of drug-likeness (QED) is 0.935. The van der Waals surface area contributed by atoms with E-state index in [0.29, 0.717) is 6.04 Å². The van der Waals surface area contributed by atoms with E-state index in [2.05, 4.69) is 60.6 Å². The van der Waals surface area contributed by atoms with E-state index in [0.717, 1.165) is 18.0 Å². The van der Waals surface area contributed by atoms with Crippen molar-refractivity contribution in [2.75, 3.05) is 20.1 Å². The lowest BCUT2D eigenvalue weighted by Crippen LogP contribution is -2.40. The summed E-state index contributed by atoms with van der Waals surface area (Å²) in [6, 6.07) is 13.3. The topological polar surface area (TPSA) is 28.2 Å². The molecule has 0 saturated carbocycles. The normalized spacial score (nSPS) is 19.0. The molecule has 1 aromatic carbocycles. The molecule has 0 bridgehead atoms. The summed E-state index contributed by atoms with van der Waals surface area (Å²) in [6.45, 7) is 5.65. The number of hydrogen-bond donors (Lipinski definition) is 1. The van der Waals surface area contributed by atoms with Gasteiger partial charge in [0.2, 0.25) is 0 Å². The monoisotopic (exact) mass is 283 g/mol. The SMILES string of the molecule is CNC(C)C1CCN(Cc2ccc3ccccc3n2)CC1. The first-order valence-corrected chi connectivity index (χ1v) is 8.00. The van der Waals surface area contributed by atoms with Crippen molar-refractivity contribution in [2.45, 2.75) is 32.4 Å². The molecule has 0 spiro atoms. The second-order valence-electron chi connectivity index (χ2n) is 6.19. The van der Waals surface area contributed by atoms with Gasteiger partial charge in [-0.25, -0.2) is 0 Å². The van der Waals surface area contributed by atoms with Gasteiger partial charge in [0.15, 0.2) is 0 Å². The number of fused-ring (bicyclic) bond motifs is 1. The molecular formula is C18H25N3. The second kappa shape index (κ2) is 6.54. The van der Waals surface area contributed by atoms with Crippen molar-refractivity contribution in [3.8, 4) is 0 Å². The average Bonchev–Trinajstić information content (AvgIpc) is 2.55. The van der Waals surface area contributed by atoms with E-state index in [1.807, 2.05) is 0 Å². The lowest BCUT2D eigenvalue weighted by atomic mass is 9.90. The number of aromatic nitrogens is 1. The van der Waals surface area contributed by atoms with Crippen LogP contribution in [0, 0.1) is 5.92 Å².